The Hall–Kier alpha value is -3.22. The molecule has 4 heterocycles. The summed E-state index contributed by atoms with van der Waals surface area (Å²) in [5.74, 6) is 1.68. The Bertz CT molecular complexity index is 1380. The Labute approximate surface area is 208 Å². The second-order valence-corrected chi connectivity index (χ2v) is 10.3. The van der Waals surface area contributed by atoms with Crippen molar-refractivity contribution in [3.63, 3.8) is 0 Å². The molecule has 172 valence electrons. The molecule has 1 fully saturated rings. The first-order valence-electron chi connectivity index (χ1n) is 10.7. The lowest BCUT2D eigenvalue weighted by atomic mass is 10.2. The summed E-state index contributed by atoms with van der Waals surface area (Å²) in [6, 6.07) is 9.63. The van der Waals surface area contributed by atoms with Gasteiger partial charge in [0.1, 0.15) is 10.1 Å². The molecule has 1 aliphatic rings. The van der Waals surface area contributed by atoms with Crippen molar-refractivity contribution in [1.82, 2.24) is 35.5 Å². The van der Waals surface area contributed by atoms with Crippen LogP contribution in [0.4, 0.5) is 5.82 Å². The summed E-state index contributed by atoms with van der Waals surface area (Å²) in [4.78, 5) is 25.3. The molecule has 1 saturated heterocycles. The Morgan fingerprint density at radius 1 is 1.18 bits per heavy atom. The number of aromatic amines is 1. The number of H-pyrrole nitrogens is 1. The minimum atomic E-state index is -0.0469. The lowest BCUT2D eigenvalue weighted by Gasteiger charge is -2.13. The number of tetrazole rings is 1. The summed E-state index contributed by atoms with van der Waals surface area (Å²) in [6.45, 7) is 0.605. The van der Waals surface area contributed by atoms with Gasteiger partial charge in [-0.05, 0) is 37.1 Å². The quantitative estimate of drug-likeness (QED) is 0.206. The number of nitrogens with zero attached hydrogens (tertiary/aromatic N) is 6. The van der Waals surface area contributed by atoms with E-state index in [0.29, 0.717) is 33.2 Å². The highest BCUT2D eigenvalue weighted by atomic mass is 32.2. The zero-order valence-corrected chi connectivity index (χ0v) is 20.4. The van der Waals surface area contributed by atoms with Crippen molar-refractivity contribution in [2.45, 2.75) is 25.7 Å². The van der Waals surface area contributed by atoms with Crippen LogP contribution >= 0.6 is 35.3 Å². The second-order valence-electron chi connectivity index (χ2n) is 7.66. The summed E-state index contributed by atoms with van der Waals surface area (Å²) in [6.07, 6.45) is 5.40. The van der Waals surface area contributed by atoms with Gasteiger partial charge in [0.25, 0.3) is 5.91 Å². The number of anilines is 1. The molecule has 3 N–H and O–H groups in total. The first-order chi connectivity index (χ1) is 16.6. The van der Waals surface area contributed by atoms with Crippen molar-refractivity contribution in [1.29, 1.82) is 0 Å². The number of aromatic nitrogens is 6. The summed E-state index contributed by atoms with van der Waals surface area (Å²) >= 11 is 8.32. The third-order valence-electron chi connectivity index (χ3n) is 5.33. The van der Waals surface area contributed by atoms with Gasteiger partial charge in [-0.2, -0.15) is 5.21 Å². The van der Waals surface area contributed by atoms with Gasteiger partial charge in [-0.25, -0.2) is 9.97 Å². The lowest BCUT2D eigenvalue weighted by Crippen LogP contribution is -2.29. The van der Waals surface area contributed by atoms with E-state index in [1.165, 1.54) is 23.1 Å². The van der Waals surface area contributed by atoms with Crippen molar-refractivity contribution in [2.24, 2.45) is 0 Å². The van der Waals surface area contributed by atoms with Gasteiger partial charge in [-0.15, -0.1) is 21.5 Å². The van der Waals surface area contributed by atoms with Crippen LogP contribution in [0.25, 0.3) is 28.4 Å². The summed E-state index contributed by atoms with van der Waals surface area (Å²) in [7, 11) is 0. The highest BCUT2D eigenvalue weighted by molar-refractivity contribution is 8.26. The standard InChI is InChI=1S/C22H20N8OS3/c23-19-15-6-3-4-7-16(15)24-20(25-19)13-10-14(33-12-13)11-17-21(31)30(22(32)34-17)9-5-1-2-8-18-26-28-29-27-18/h3-4,6-7,10-12H,1-2,5,8-9H2,(H2,23,24,25)(H,26,27,28,29). The van der Waals surface area contributed by atoms with E-state index in [1.807, 2.05) is 41.8 Å². The van der Waals surface area contributed by atoms with Crippen LogP contribution in [0, 0.1) is 0 Å². The molecule has 0 bridgehead atoms. The van der Waals surface area contributed by atoms with Gasteiger partial charge < -0.3 is 5.73 Å². The molecule has 34 heavy (non-hydrogen) atoms. The fourth-order valence-corrected chi connectivity index (χ4v) is 5.81. The Balaban J connectivity index is 1.23. The number of hydrogen-bond donors (Lipinski definition) is 2. The van der Waals surface area contributed by atoms with E-state index in [4.69, 9.17) is 18.0 Å². The number of benzene rings is 1. The van der Waals surface area contributed by atoms with Gasteiger partial charge in [-0.1, -0.05) is 47.7 Å². The molecule has 1 aromatic carbocycles. The predicted octanol–water partition coefficient (Wildman–Crippen LogP) is 4.07. The average Bonchev–Trinajstić information content (AvgIpc) is 3.57. The minimum Gasteiger partial charge on any atom is -0.383 e. The van der Waals surface area contributed by atoms with Crippen molar-refractivity contribution in [3.05, 3.63) is 51.3 Å². The van der Waals surface area contributed by atoms with E-state index in [9.17, 15) is 4.79 Å². The maximum absolute atomic E-state index is 12.9. The third-order valence-corrected chi connectivity index (χ3v) is 7.59. The van der Waals surface area contributed by atoms with Gasteiger partial charge in [0.15, 0.2) is 11.6 Å². The molecule has 4 aromatic rings. The topological polar surface area (TPSA) is 127 Å². The zero-order chi connectivity index (χ0) is 23.5. The number of rotatable bonds is 8. The molecule has 1 amide bonds. The molecule has 0 aliphatic carbocycles. The number of fused-ring (bicyclic) bond motifs is 1. The predicted molar refractivity (Wildman–Crippen MR) is 139 cm³/mol. The number of carbonyl (C=O) groups excluding carboxylic acids is 1. The number of nitrogens with one attached hydrogen (secondary N) is 1. The number of carbonyl (C=O) groups is 1. The summed E-state index contributed by atoms with van der Waals surface area (Å²) < 4.78 is 0.594. The van der Waals surface area contributed by atoms with Crippen LogP contribution in [0.15, 0.2) is 40.6 Å². The van der Waals surface area contributed by atoms with Crippen molar-refractivity contribution < 1.29 is 4.79 Å². The largest absolute Gasteiger partial charge is 0.383 e. The van der Waals surface area contributed by atoms with Crippen LogP contribution in [0.3, 0.4) is 0 Å². The number of nitrogens with two attached hydrogens (primary N) is 1. The van der Waals surface area contributed by atoms with Crippen molar-refractivity contribution in [3.8, 4) is 11.4 Å². The minimum absolute atomic E-state index is 0.0469. The smallest absolute Gasteiger partial charge is 0.266 e. The van der Waals surface area contributed by atoms with Crippen LogP contribution in [0.1, 0.15) is 30.0 Å². The number of thioether (sulfide) groups is 1. The van der Waals surface area contributed by atoms with E-state index in [1.54, 1.807) is 4.90 Å². The molecule has 0 saturated carbocycles. The molecule has 0 atom stereocenters. The molecule has 5 rings (SSSR count). The number of thiophene rings is 1. The number of unbranched alkanes of at least 4 members (excludes halogenated alkanes) is 2. The Kier molecular flexibility index (Phi) is 6.61. The average molecular weight is 509 g/mol. The Morgan fingerprint density at radius 3 is 2.91 bits per heavy atom. The first kappa shape index (κ1) is 22.6. The lowest BCUT2D eigenvalue weighted by molar-refractivity contribution is -0.122. The Morgan fingerprint density at radius 2 is 2.06 bits per heavy atom. The van der Waals surface area contributed by atoms with Crippen molar-refractivity contribution >= 4 is 68.3 Å². The normalized spacial score (nSPS) is 15.2. The number of thiocarbonyl (C=S) groups is 1. The number of para-hydroxylation sites is 1. The van der Waals surface area contributed by atoms with Gasteiger partial charge in [0, 0.05) is 34.2 Å². The molecule has 9 nitrogen and oxygen atoms in total. The number of nitrogen functional groups attached to an aromatic ring is 1. The molecule has 0 unspecified atom stereocenters. The van der Waals surface area contributed by atoms with E-state index in [2.05, 4.69) is 30.6 Å². The number of aryl methyl sites for hydroxylation is 1. The number of hydrogen-bond acceptors (Lipinski definition) is 10. The van der Waals surface area contributed by atoms with E-state index in [0.717, 1.165) is 47.0 Å². The molecular weight excluding hydrogens is 488 g/mol. The monoisotopic (exact) mass is 508 g/mol. The zero-order valence-electron chi connectivity index (χ0n) is 18.0. The fraction of sp³-hybridized carbons (Fsp3) is 0.227. The molecule has 1 aliphatic heterocycles. The van der Waals surface area contributed by atoms with Crippen LogP contribution in [0.2, 0.25) is 0 Å². The van der Waals surface area contributed by atoms with Gasteiger partial charge in [0.2, 0.25) is 0 Å². The van der Waals surface area contributed by atoms with Gasteiger partial charge in [0.05, 0.1) is 10.4 Å². The molecule has 3 aromatic heterocycles. The third kappa shape index (κ3) is 4.83. The van der Waals surface area contributed by atoms with E-state index < -0.39 is 0 Å². The molecule has 12 heteroatoms. The van der Waals surface area contributed by atoms with Gasteiger partial charge in [-0.3, -0.25) is 9.69 Å². The maximum Gasteiger partial charge on any atom is 0.266 e. The highest BCUT2D eigenvalue weighted by Gasteiger charge is 2.31. The van der Waals surface area contributed by atoms with Crippen LogP contribution < -0.4 is 5.73 Å². The fourth-order valence-electron chi connectivity index (χ4n) is 3.62. The molecule has 0 radical (unpaired) electrons. The summed E-state index contributed by atoms with van der Waals surface area (Å²) in [5, 5.41) is 16.7. The van der Waals surface area contributed by atoms with E-state index in [-0.39, 0.29) is 5.91 Å². The van der Waals surface area contributed by atoms with Gasteiger partial charge >= 0.3 is 0 Å². The summed E-state index contributed by atoms with van der Waals surface area (Å²) in [5.41, 5.74) is 7.80. The second kappa shape index (κ2) is 9.95. The molecule has 0 spiro atoms. The van der Waals surface area contributed by atoms with Crippen LogP contribution in [-0.4, -0.2) is 52.3 Å². The molecular formula is C22H20N8OS3. The van der Waals surface area contributed by atoms with Crippen molar-refractivity contribution in [2.75, 3.05) is 12.3 Å². The SMILES string of the molecule is Nc1nc(-c2csc(C=C3SC(=S)N(CCCCCc4nn[nH]n4)C3=O)c2)nc2ccccc12. The van der Waals surface area contributed by atoms with Crippen LogP contribution in [-0.2, 0) is 11.2 Å². The number of amides is 1. The van der Waals surface area contributed by atoms with E-state index >= 15 is 0 Å². The first-order valence-corrected chi connectivity index (χ1v) is 12.8. The van der Waals surface area contributed by atoms with Crippen LogP contribution in [0.5, 0.6) is 0 Å². The maximum atomic E-state index is 12.9. The highest BCUT2D eigenvalue weighted by Crippen LogP contribution is 2.35.